The molecule has 0 heterocycles. The van der Waals surface area contributed by atoms with Gasteiger partial charge in [0.25, 0.3) is 0 Å². The molecule has 0 fully saturated rings. The standard InChI is InChI=1S/C8H16BrF/c1-2-3-4-5-6-8(10)7-9/h8H,2-7H2,1H3. The van der Waals surface area contributed by atoms with E-state index in [4.69, 9.17) is 0 Å². The van der Waals surface area contributed by atoms with Crippen LogP contribution in [0.2, 0.25) is 0 Å². The summed E-state index contributed by atoms with van der Waals surface area (Å²) in [5.41, 5.74) is 0. The molecule has 0 bridgehead atoms. The first kappa shape index (κ1) is 10.4. The van der Waals surface area contributed by atoms with Crippen molar-refractivity contribution >= 4 is 15.9 Å². The van der Waals surface area contributed by atoms with Crippen molar-refractivity contribution in [2.45, 2.75) is 45.2 Å². The second-order valence-corrected chi connectivity index (χ2v) is 3.25. The third-order valence-electron chi connectivity index (χ3n) is 1.54. The van der Waals surface area contributed by atoms with E-state index in [-0.39, 0.29) is 0 Å². The Morgan fingerprint density at radius 1 is 1.30 bits per heavy atom. The molecule has 0 nitrogen and oxygen atoms in total. The molecule has 0 aromatic carbocycles. The van der Waals surface area contributed by atoms with Gasteiger partial charge in [-0.1, -0.05) is 48.5 Å². The molecule has 62 valence electrons. The molecule has 0 N–H and O–H groups in total. The topological polar surface area (TPSA) is 0 Å². The fourth-order valence-corrected chi connectivity index (χ4v) is 1.19. The Hall–Kier alpha value is 0.410. The molecule has 0 rings (SSSR count). The summed E-state index contributed by atoms with van der Waals surface area (Å²) in [6.45, 7) is 2.16. The normalized spacial score (nSPS) is 13.5. The summed E-state index contributed by atoms with van der Waals surface area (Å²) in [7, 11) is 0. The summed E-state index contributed by atoms with van der Waals surface area (Å²) in [4.78, 5) is 0. The molecule has 0 saturated carbocycles. The first-order chi connectivity index (χ1) is 4.81. The van der Waals surface area contributed by atoms with Crippen molar-refractivity contribution < 1.29 is 4.39 Å². The Labute approximate surface area is 71.3 Å². The van der Waals surface area contributed by atoms with Crippen LogP contribution in [0.4, 0.5) is 4.39 Å². The maximum atomic E-state index is 12.5. The summed E-state index contributed by atoms with van der Waals surface area (Å²) in [5, 5.41) is 0.499. The summed E-state index contributed by atoms with van der Waals surface area (Å²) in [6, 6.07) is 0. The van der Waals surface area contributed by atoms with E-state index in [0.717, 1.165) is 12.8 Å². The van der Waals surface area contributed by atoms with E-state index in [2.05, 4.69) is 22.9 Å². The van der Waals surface area contributed by atoms with E-state index >= 15 is 0 Å². The van der Waals surface area contributed by atoms with E-state index in [0.29, 0.717) is 5.33 Å². The van der Waals surface area contributed by atoms with Gasteiger partial charge in [-0.05, 0) is 6.42 Å². The van der Waals surface area contributed by atoms with Gasteiger partial charge >= 0.3 is 0 Å². The van der Waals surface area contributed by atoms with E-state index in [1.165, 1.54) is 19.3 Å². The van der Waals surface area contributed by atoms with E-state index in [1.54, 1.807) is 0 Å². The van der Waals surface area contributed by atoms with Crippen LogP contribution in [0.25, 0.3) is 0 Å². The maximum Gasteiger partial charge on any atom is 0.110 e. The Balaban J connectivity index is 2.89. The quantitative estimate of drug-likeness (QED) is 0.464. The average Bonchev–Trinajstić information content (AvgIpc) is 1.98. The highest BCUT2D eigenvalue weighted by atomic mass is 79.9. The van der Waals surface area contributed by atoms with Crippen LogP contribution >= 0.6 is 15.9 Å². The fourth-order valence-electron chi connectivity index (χ4n) is 0.870. The lowest BCUT2D eigenvalue weighted by atomic mass is 10.1. The Bertz CT molecular complexity index is 66.3. The predicted octanol–water partition coefficient (Wildman–Crippen LogP) is 3.69. The van der Waals surface area contributed by atoms with Crippen molar-refractivity contribution in [2.75, 3.05) is 5.33 Å². The second kappa shape index (κ2) is 7.52. The van der Waals surface area contributed by atoms with E-state index < -0.39 is 6.17 Å². The first-order valence-electron chi connectivity index (χ1n) is 4.01. The lowest BCUT2D eigenvalue weighted by Crippen LogP contribution is -2.00. The molecule has 0 amide bonds. The molecule has 2 heteroatoms. The molecule has 0 aromatic heterocycles. The minimum Gasteiger partial charge on any atom is -0.247 e. The summed E-state index contributed by atoms with van der Waals surface area (Å²) < 4.78 is 12.5. The monoisotopic (exact) mass is 210 g/mol. The molecule has 0 aromatic rings. The highest BCUT2D eigenvalue weighted by Crippen LogP contribution is 2.09. The van der Waals surface area contributed by atoms with Gasteiger partial charge in [0.2, 0.25) is 0 Å². The van der Waals surface area contributed by atoms with Crippen molar-refractivity contribution in [3.05, 3.63) is 0 Å². The minimum atomic E-state index is -0.628. The van der Waals surface area contributed by atoms with Gasteiger partial charge in [0.1, 0.15) is 6.17 Å². The van der Waals surface area contributed by atoms with Crippen molar-refractivity contribution in [3.63, 3.8) is 0 Å². The molecular formula is C8H16BrF. The molecule has 0 aliphatic carbocycles. The zero-order valence-corrected chi connectivity index (χ0v) is 8.16. The SMILES string of the molecule is CCCCCCC(F)CBr. The zero-order chi connectivity index (χ0) is 7.82. The molecule has 0 saturated heterocycles. The first-order valence-corrected chi connectivity index (χ1v) is 5.13. The average molecular weight is 211 g/mol. The highest BCUT2D eigenvalue weighted by molar-refractivity contribution is 9.09. The molecular weight excluding hydrogens is 195 g/mol. The van der Waals surface area contributed by atoms with Crippen LogP contribution in [0.15, 0.2) is 0 Å². The predicted molar refractivity (Wildman–Crippen MR) is 47.4 cm³/mol. The minimum absolute atomic E-state index is 0.499. The van der Waals surface area contributed by atoms with Crippen molar-refractivity contribution in [1.29, 1.82) is 0 Å². The number of unbranched alkanes of at least 4 members (excludes halogenated alkanes) is 3. The molecule has 0 aliphatic heterocycles. The van der Waals surface area contributed by atoms with Gasteiger partial charge < -0.3 is 0 Å². The van der Waals surface area contributed by atoms with Crippen LogP contribution in [-0.2, 0) is 0 Å². The number of alkyl halides is 2. The molecule has 1 atom stereocenters. The third-order valence-corrected chi connectivity index (χ3v) is 2.24. The van der Waals surface area contributed by atoms with Crippen LogP contribution in [0.1, 0.15) is 39.0 Å². The Morgan fingerprint density at radius 3 is 2.50 bits per heavy atom. The van der Waals surface area contributed by atoms with Crippen molar-refractivity contribution in [3.8, 4) is 0 Å². The second-order valence-electron chi connectivity index (χ2n) is 2.60. The molecule has 0 radical (unpaired) electrons. The van der Waals surface area contributed by atoms with E-state index in [9.17, 15) is 4.39 Å². The van der Waals surface area contributed by atoms with Gasteiger partial charge in [-0.15, -0.1) is 0 Å². The van der Waals surface area contributed by atoms with Crippen molar-refractivity contribution in [2.24, 2.45) is 0 Å². The number of rotatable bonds is 6. The molecule has 1 unspecified atom stereocenters. The lowest BCUT2D eigenvalue weighted by Gasteiger charge is -2.02. The van der Waals surface area contributed by atoms with Gasteiger partial charge in [-0.3, -0.25) is 0 Å². The van der Waals surface area contributed by atoms with Crippen LogP contribution in [-0.4, -0.2) is 11.5 Å². The summed E-state index contributed by atoms with van der Waals surface area (Å²) >= 11 is 3.11. The summed E-state index contributed by atoms with van der Waals surface area (Å²) in [6.07, 6.45) is 4.80. The van der Waals surface area contributed by atoms with Gasteiger partial charge in [0, 0.05) is 5.33 Å². The number of hydrogen-bond acceptors (Lipinski definition) is 0. The number of hydrogen-bond donors (Lipinski definition) is 0. The Morgan fingerprint density at radius 2 is 2.00 bits per heavy atom. The van der Waals surface area contributed by atoms with Crippen LogP contribution in [0.5, 0.6) is 0 Å². The smallest absolute Gasteiger partial charge is 0.110 e. The maximum absolute atomic E-state index is 12.5. The Kier molecular flexibility index (Phi) is 7.82. The van der Waals surface area contributed by atoms with Crippen LogP contribution in [0, 0.1) is 0 Å². The highest BCUT2D eigenvalue weighted by Gasteiger charge is 2.01. The van der Waals surface area contributed by atoms with Gasteiger partial charge in [-0.2, -0.15) is 0 Å². The molecule has 10 heavy (non-hydrogen) atoms. The summed E-state index contributed by atoms with van der Waals surface area (Å²) in [5.74, 6) is 0. The zero-order valence-electron chi connectivity index (χ0n) is 6.58. The number of halogens is 2. The van der Waals surface area contributed by atoms with Gasteiger partial charge in [0.05, 0.1) is 0 Å². The molecule has 0 aliphatic rings. The largest absolute Gasteiger partial charge is 0.247 e. The van der Waals surface area contributed by atoms with Crippen LogP contribution in [0.3, 0.4) is 0 Å². The lowest BCUT2D eigenvalue weighted by molar-refractivity contribution is 0.337. The fraction of sp³-hybridized carbons (Fsp3) is 1.00. The third kappa shape index (κ3) is 6.53. The van der Waals surface area contributed by atoms with E-state index in [1.807, 2.05) is 0 Å². The van der Waals surface area contributed by atoms with Gasteiger partial charge in [-0.25, -0.2) is 4.39 Å². The van der Waals surface area contributed by atoms with Crippen molar-refractivity contribution in [1.82, 2.24) is 0 Å². The van der Waals surface area contributed by atoms with Gasteiger partial charge in [0.15, 0.2) is 0 Å². The van der Waals surface area contributed by atoms with Crippen LogP contribution < -0.4 is 0 Å². The molecule has 0 spiro atoms.